The van der Waals surface area contributed by atoms with Crippen molar-refractivity contribution in [2.24, 2.45) is 35.0 Å². The molecule has 1 nitrogen and oxygen atoms in total. The van der Waals surface area contributed by atoms with E-state index >= 15 is 0 Å². The maximum Gasteiger partial charge on any atom is 0.0823 e. The van der Waals surface area contributed by atoms with Crippen molar-refractivity contribution < 1.29 is 5.11 Å². The highest BCUT2D eigenvalue weighted by Gasteiger charge is 2.60. The zero-order chi connectivity index (χ0) is 14.6. The zero-order valence-corrected chi connectivity index (χ0v) is 13.3. The highest BCUT2D eigenvalue weighted by atomic mass is 16.3. The van der Waals surface area contributed by atoms with Crippen LogP contribution in [0, 0.1) is 35.0 Å². The maximum absolute atomic E-state index is 11.1. The molecule has 1 heteroatoms. The van der Waals surface area contributed by atoms with Gasteiger partial charge in [0.25, 0.3) is 0 Å². The molecule has 21 heavy (non-hydrogen) atoms. The number of benzene rings is 1. The van der Waals surface area contributed by atoms with Crippen LogP contribution in [0.4, 0.5) is 0 Å². The van der Waals surface area contributed by atoms with Crippen molar-refractivity contribution in [3.63, 3.8) is 0 Å². The molecule has 5 unspecified atom stereocenters. The van der Waals surface area contributed by atoms with E-state index in [0.29, 0.717) is 11.3 Å². The summed E-state index contributed by atoms with van der Waals surface area (Å²) in [4.78, 5) is 0. The molecular weight excluding hydrogens is 256 g/mol. The van der Waals surface area contributed by atoms with Crippen LogP contribution in [-0.2, 0) is 0 Å². The first-order valence-corrected chi connectivity index (χ1v) is 8.82. The van der Waals surface area contributed by atoms with E-state index in [4.69, 9.17) is 0 Å². The molecule has 1 aromatic rings. The Balaban J connectivity index is 1.69. The van der Waals surface area contributed by atoms with Crippen molar-refractivity contribution in [2.75, 3.05) is 0 Å². The van der Waals surface area contributed by atoms with Crippen LogP contribution in [0.3, 0.4) is 0 Å². The number of aliphatic hydroxyl groups is 1. The minimum atomic E-state index is -0.247. The molecule has 3 aliphatic carbocycles. The summed E-state index contributed by atoms with van der Waals surface area (Å²) in [7, 11) is 0. The number of aliphatic hydroxyl groups excluding tert-OH is 1. The van der Waals surface area contributed by atoms with Gasteiger partial charge in [-0.25, -0.2) is 0 Å². The predicted molar refractivity (Wildman–Crippen MR) is 85.7 cm³/mol. The van der Waals surface area contributed by atoms with E-state index in [0.717, 1.165) is 29.2 Å². The lowest BCUT2D eigenvalue weighted by Gasteiger charge is -2.38. The van der Waals surface area contributed by atoms with Crippen molar-refractivity contribution in [3.05, 3.63) is 35.9 Å². The van der Waals surface area contributed by atoms with E-state index in [-0.39, 0.29) is 6.10 Å². The maximum atomic E-state index is 11.1. The van der Waals surface area contributed by atoms with Gasteiger partial charge in [0.2, 0.25) is 0 Å². The normalized spacial score (nSPS) is 41.8. The second-order valence-electron chi connectivity index (χ2n) is 8.41. The molecule has 0 saturated heterocycles. The van der Waals surface area contributed by atoms with Crippen LogP contribution >= 0.6 is 0 Å². The van der Waals surface area contributed by atoms with Crippen LogP contribution in [0.5, 0.6) is 0 Å². The van der Waals surface area contributed by atoms with Gasteiger partial charge < -0.3 is 5.11 Å². The first kappa shape index (κ1) is 13.8. The smallest absolute Gasteiger partial charge is 0.0823 e. The van der Waals surface area contributed by atoms with E-state index in [2.05, 4.69) is 38.1 Å². The van der Waals surface area contributed by atoms with Gasteiger partial charge in [0.15, 0.2) is 0 Å². The minimum absolute atomic E-state index is 0.247. The minimum Gasteiger partial charge on any atom is -0.388 e. The molecule has 0 radical (unpaired) electrons. The van der Waals surface area contributed by atoms with E-state index in [1.54, 1.807) is 0 Å². The Hall–Kier alpha value is -0.820. The molecule has 0 aromatic heterocycles. The molecule has 3 aliphatic rings. The van der Waals surface area contributed by atoms with Gasteiger partial charge in [0, 0.05) is 0 Å². The Bertz CT molecular complexity index is 506. The van der Waals surface area contributed by atoms with Gasteiger partial charge >= 0.3 is 0 Å². The number of rotatable bonds is 2. The third-order valence-electron chi connectivity index (χ3n) is 7.06. The standard InChI is InChI=1S/C20H28O/c1-20(2)12-6-9-14-15-10-11-16(18(15)20)17(14)19(21)13-7-4-3-5-8-13/h3-5,7-8,14-19,21H,6,9-12H2,1-2H3/t14?,15?,16?,17?,18?,19-/m0/s1. The van der Waals surface area contributed by atoms with Crippen molar-refractivity contribution in [2.45, 2.75) is 52.1 Å². The molecule has 0 aliphatic heterocycles. The first-order chi connectivity index (χ1) is 10.1. The summed E-state index contributed by atoms with van der Waals surface area (Å²) in [5.74, 6) is 3.77. The summed E-state index contributed by atoms with van der Waals surface area (Å²) < 4.78 is 0. The lowest BCUT2D eigenvalue weighted by molar-refractivity contribution is 0.0232. The van der Waals surface area contributed by atoms with E-state index in [1.807, 2.05) is 6.07 Å². The van der Waals surface area contributed by atoms with Gasteiger partial charge in [-0.2, -0.15) is 0 Å². The largest absolute Gasteiger partial charge is 0.388 e. The Morgan fingerprint density at radius 1 is 1.00 bits per heavy atom. The summed E-state index contributed by atoms with van der Waals surface area (Å²) in [6, 6.07) is 10.4. The summed E-state index contributed by atoms with van der Waals surface area (Å²) in [5, 5.41) is 11.1. The molecular formula is C20H28O. The Kier molecular flexibility index (Phi) is 3.19. The van der Waals surface area contributed by atoms with Gasteiger partial charge in [0.05, 0.1) is 6.10 Å². The van der Waals surface area contributed by atoms with Crippen LogP contribution in [-0.4, -0.2) is 5.11 Å². The predicted octanol–water partition coefficient (Wildman–Crippen LogP) is 4.82. The van der Waals surface area contributed by atoms with Gasteiger partial charge in [-0.15, -0.1) is 0 Å². The average Bonchev–Trinajstić information content (AvgIpc) is 3.00. The first-order valence-electron chi connectivity index (χ1n) is 8.82. The third kappa shape index (κ3) is 2.00. The fourth-order valence-corrected chi connectivity index (χ4v) is 6.44. The molecule has 0 amide bonds. The highest BCUT2D eigenvalue weighted by Crippen LogP contribution is 2.67. The summed E-state index contributed by atoms with van der Waals surface area (Å²) in [5.41, 5.74) is 1.61. The molecule has 1 aromatic carbocycles. The van der Waals surface area contributed by atoms with Gasteiger partial charge in [0.1, 0.15) is 0 Å². The molecule has 0 heterocycles. The topological polar surface area (TPSA) is 20.2 Å². The average molecular weight is 284 g/mol. The van der Waals surface area contributed by atoms with Gasteiger partial charge in [-0.1, -0.05) is 50.6 Å². The molecule has 1 N–H and O–H groups in total. The van der Waals surface area contributed by atoms with E-state index in [9.17, 15) is 5.11 Å². The van der Waals surface area contributed by atoms with Crippen molar-refractivity contribution in [1.82, 2.24) is 0 Å². The van der Waals surface area contributed by atoms with E-state index < -0.39 is 0 Å². The number of hydrogen-bond donors (Lipinski definition) is 1. The molecule has 6 atom stereocenters. The lowest BCUT2D eigenvalue weighted by atomic mass is 9.68. The fourth-order valence-electron chi connectivity index (χ4n) is 6.44. The van der Waals surface area contributed by atoms with Crippen molar-refractivity contribution >= 4 is 0 Å². The second kappa shape index (κ2) is 4.84. The summed E-state index contributed by atoms with van der Waals surface area (Å²) in [6.45, 7) is 4.98. The molecule has 4 bridgehead atoms. The Labute approximate surface area is 128 Å². The molecule has 3 saturated carbocycles. The van der Waals surface area contributed by atoms with Crippen LogP contribution in [0.25, 0.3) is 0 Å². The molecule has 114 valence electrons. The van der Waals surface area contributed by atoms with Crippen LogP contribution < -0.4 is 0 Å². The fraction of sp³-hybridized carbons (Fsp3) is 0.700. The Morgan fingerprint density at radius 3 is 2.48 bits per heavy atom. The zero-order valence-electron chi connectivity index (χ0n) is 13.3. The lowest BCUT2D eigenvalue weighted by Crippen LogP contribution is -2.31. The molecule has 3 fully saturated rings. The van der Waals surface area contributed by atoms with E-state index in [1.165, 1.54) is 32.1 Å². The van der Waals surface area contributed by atoms with Crippen LogP contribution in [0.2, 0.25) is 0 Å². The van der Waals surface area contributed by atoms with Crippen LogP contribution in [0.1, 0.15) is 57.6 Å². The molecule has 4 rings (SSSR count). The van der Waals surface area contributed by atoms with Crippen molar-refractivity contribution in [3.8, 4) is 0 Å². The third-order valence-corrected chi connectivity index (χ3v) is 7.06. The summed E-state index contributed by atoms with van der Waals surface area (Å²) >= 11 is 0. The quantitative estimate of drug-likeness (QED) is 0.825. The van der Waals surface area contributed by atoms with Crippen LogP contribution in [0.15, 0.2) is 30.3 Å². The Morgan fingerprint density at radius 2 is 1.71 bits per heavy atom. The monoisotopic (exact) mass is 284 g/mol. The molecule has 0 spiro atoms. The van der Waals surface area contributed by atoms with Crippen molar-refractivity contribution in [1.29, 1.82) is 0 Å². The highest BCUT2D eigenvalue weighted by molar-refractivity contribution is 5.21. The summed E-state index contributed by atoms with van der Waals surface area (Å²) in [6.07, 6.45) is 6.61. The number of hydrogen-bond acceptors (Lipinski definition) is 1. The van der Waals surface area contributed by atoms with Gasteiger partial charge in [-0.3, -0.25) is 0 Å². The SMILES string of the molecule is CC1(C)CCCC2C3CCC(C2[C@@H](O)c2ccccc2)C31. The second-order valence-corrected chi connectivity index (χ2v) is 8.41. The van der Waals surface area contributed by atoms with Gasteiger partial charge in [-0.05, 0) is 66.3 Å².